The molecule has 2 rings (SSSR count). The molecule has 18 heavy (non-hydrogen) atoms. The van der Waals surface area contributed by atoms with Crippen molar-refractivity contribution in [1.29, 1.82) is 0 Å². The van der Waals surface area contributed by atoms with Crippen LogP contribution in [0.5, 0.6) is 0 Å². The molecular weight excluding hydrogens is 271 g/mol. The Balaban J connectivity index is 0.000000203. The molecule has 0 unspecified atom stereocenters. The first-order chi connectivity index (χ1) is 8.34. The lowest BCUT2D eigenvalue weighted by Crippen LogP contribution is -2.21. The predicted molar refractivity (Wildman–Crippen MR) is 58.0 cm³/mol. The summed E-state index contributed by atoms with van der Waals surface area (Å²) in [5.74, 6) is -2.76. The summed E-state index contributed by atoms with van der Waals surface area (Å²) in [6.07, 6.45) is -1.18. The molecule has 0 aliphatic carbocycles. The maximum atomic E-state index is 10.6. The summed E-state index contributed by atoms with van der Waals surface area (Å²) in [7, 11) is 0. The Morgan fingerprint density at radius 1 is 1.50 bits per heavy atom. The monoisotopic (exact) mass is 281 g/mol. The maximum Gasteiger partial charge on any atom is 0.490 e. The summed E-state index contributed by atoms with van der Waals surface area (Å²) in [4.78, 5) is 17.4. The van der Waals surface area contributed by atoms with Crippen molar-refractivity contribution in [2.24, 2.45) is 0 Å². The van der Waals surface area contributed by atoms with Gasteiger partial charge in [-0.3, -0.25) is 0 Å². The number of rotatable bonds is 1. The van der Waals surface area contributed by atoms with E-state index < -0.39 is 12.1 Å². The molecule has 0 saturated carbocycles. The normalized spacial score (nSPS) is 13.6. The van der Waals surface area contributed by atoms with Crippen LogP contribution in [-0.4, -0.2) is 33.5 Å². The van der Waals surface area contributed by atoms with Crippen molar-refractivity contribution in [1.82, 2.24) is 15.3 Å². The van der Waals surface area contributed by atoms with Gasteiger partial charge in [-0.15, -0.1) is 0 Å². The van der Waals surface area contributed by atoms with E-state index >= 15 is 0 Å². The van der Waals surface area contributed by atoms with E-state index in [4.69, 9.17) is 9.90 Å². The van der Waals surface area contributed by atoms with Gasteiger partial charge in [0, 0.05) is 24.8 Å². The summed E-state index contributed by atoms with van der Waals surface area (Å²) in [6, 6.07) is 0. The predicted octanol–water partition coefficient (Wildman–Crippen LogP) is 1.44. The summed E-state index contributed by atoms with van der Waals surface area (Å²) < 4.78 is 31.7. The molecule has 2 heterocycles. The number of nitrogens with one attached hydrogen (secondary N) is 1. The van der Waals surface area contributed by atoms with Gasteiger partial charge >= 0.3 is 12.1 Å². The highest BCUT2D eigenvalue weighted by atomic mass is 32.2. The second-order valence-corrected chi connectivity index (χ2v) is 4.01. The maximum absolute atomic E-state index is 10.6. The quantitative estimate of drug-likeness (QED) is 0.599. The Kier molecular flexibility index (Phi) is 4.91. The minimum Gasteiger partial charge on any atom is -0.475 e. The number of halogens is 3. The van der Waals surface area contributed by atoms with Crippen molar-refractivity contribution in [2.45, 2.75) is 24.4 Å². The van der Waals surface area contributed by atoms with E-state index in [1.165, 1.54) is 5.56 Å². The van der Waals surface area contributed by atoms with Crippen LogP contribution in [0.15, 0.2) is 11.4 Å². The standard InChI is InChI=1S/C7H9N3S.C2HF3O2/c1-11-7-9-3-5-2-8-4-6(5)10-7;3-2(4,5)1(6)7/h3,8H,2,4H2,1H3;(H,6,7). The van der Waals surface area contributed by atoms with Crippen molar-refractivity contribution >= 4 is 17.7 Å². The number of carboxylic acids is 1. The van der Waals surface area contributed by atoms with Crippen molar-refractivity contribution in [3.05, 3.63) is 17.5 Å². The lowest BCUT2D eigenvalue weighted by Gasteiger charge is -1.97. The first-order valence-corrected chi connectivity index (χ1v) is 5.96. The molecule has 1 aliphatic rings. The van der Waals surface area contributed by atoms with E-state index in [1.54, 1.807) is 11.8 Å². The molecule has 0 spiro atoms. The van der Waals surface area contributed by atoms with Gasteiger partial charge in [0.1, 0.15) is 0 Å². The van der Waals surface area contributed by atoms with Gasteiger partial charge in [-0.25, -0.2) is 14.8 Å². The Morgan fingerprint density at radius 2 is 2.11 bits per heavy atom. The third kappa shape index (κ3) is 4.15. The summed E-state index contributed by atoms with van der Waals surface area (Å²) in [6.45, 7) is 1.81. The minimum atomic E-state index is -5.08. The number of thioether (sulfide) groups is 1. The van der Waals surface area contributed by atoms with Crippen LogP contribution in [0.3, 0.4) is 0 Å². The van der Waals surface area contributed by atoms with Crippen LogP contribution in [0.1, 0.15) is 11.3 Å². The van der Waals surface area contributed by atoms with Crippen LogP contribution in [0.4, 0.5) is 13.2 Å². The third-order valence-corrected chi connectivity index (χ3v) is 2.53. The Hall–Kier alpha value is -1.35. The summed E-state index contributed by atoms with van der Waals surface area (Å²) in [5.41, 5.74) is 2.40. The van der Waals surface area contributed by atoms with Gasteiger partial charge in [-0.05, 0) is 6.26 Å². The number of nitrogens with zero attached hydrogens (tertiary/aromatic N) is 2. The fraction of sp³-hybridized carbons (Fsp3) is 0.444. The van der Waals surface area contributed by atoms with E-state index in [0.717, 1.165) is 23.9 Å². The van der Waals surface area contributed by atoms with Gasteiger partial charge in [-0.1, -0.05) is 11.8 Å². The highest BCUT2D eigenvalue weighted by molar-refractivity contribution is 7.98. The van der Waals surface area contributed by atoms with Crippen LogP contribution in [-0.2, 0) is 17.9 Å². The number of hydrogen-bond donors (Lipinski definition) is 2. The van der Waals surface area contributed by atoms with Gasteiger partial charge < -0.3 is 10.4 Å². The molecule has 100 valence electrons. The number of alkyl halides is 3. The van der Waals surface area contributed by atoms with Gasteiger partial charge in [-0.2, -0.15) is 13.2 Å². The second kappa shape index (κ2) is 6.01. The van der Waals surface area contributed by atoms with Crippen LogP contribution in [0, 0.1) is 0 Å². The van der Waals surface area contributed by atoms with Crippen molar-refractivity contribution in [2.75, 3.05) is 6.26 Å². The number of aromatic nitrogens is 2. The zero-order chi connectivity index (χ0) is 13.8. The Morgan fingerprint density at radius 3 is 2.61 bits per heavy atom. The number of carbonyl (C=O) groups is 1. The van der Waals surface area contributed by atoms with Gasteiger partial charge in [0.2, 0.25) is 0 Å². The third-order valence-electron chi connectivity index (χ3n) is 1.97. The average Bonchev–Trinajstić information content (AvgIpc) is 2.75. The molecule has 2 N–H and O–H groups in total. The first-order valence-electron chi connectivity index (χ1n) is 4.74. The first kappa shape index (κ1) is 14.7. The molecule has 0 bridgehead atoms. The molecule has 0 amide bonds. The number of fused-ring (bicyclic) bond motifs is 1. The van der Waals surface area contributed by atoms with Crippen LogP contribution >= 0.6 is 11.8 Å². The Bertz CT molecular complexity index is 440. The highest BCUT2D eigenvalue weighted by Crippen LogP contribution is 2.15. The van der Waals surface area contributed by atoms with Gasteiger partial charge in [0.15, 0.2) is 5.16 Å². The zero-order valence-corrected chi connectivity index (χ0v) is 10.1. The van der Waals surface area contributed by atoms with Crippen molar-refractivity contribution in [3.63, 3.8) is 0 Å². The molecule has 0 aromatic carbocycles. The SMILES string of the molecule is CSc1ncc2c(n1)CNC2.O=C(O)C(F)(F)F. The van der Waals surface area contributed by atoms with E-state index in [2.05, 4.69) is 15.3 Å². The van der Waals surface area contributed by atoms with E-state index in [1.807, 2.05) is 12.5 Å². The van der Waals surface area contributed by atoms with Crippen LogP contribution < -0.4 is 5.32 Å². The number of aliphatic carboxylic acids is 1. The van der Waals surface area contributed by atoms with Crippen LogP contribution in [0.2, 0.25) is 0 Å². The largest absolute Gasteiger partial charge is 0.490 e. The van der Waals surface area contributed by atoms with E-state index in [-0.39, 0.29) is 0 Å². The molecule has 1 aliphatic heterocycles. The van der Waals surface area contributed by atoms with E-state index in [9.17, 15) is 13.2 Å². The smallest absolute Gasteiger partial charge is 0.475 e. The van der Waals surface area contributed by atoms with Gasteiger partial charge in [0.05, 0.1) is 5.69 Å². The average molecular weight is 281 g/mol. The van der Waals surface area contributed by atoms with Crippen molar-refractivity contribution in [3.8, 4) is 0 Å². The minimum absolute atomic E-state index is 0.868. The van der Waals surface area contributed by atoms with Crippen molar-refractivity contribution < 1.29 is 23.1 Å². The highest BCUT2D eigenvalue weighted by Gasteiger charge is 2.38. The fourth-order valence-electron chi connectivity index (χ4n) is 1.14. The fourth-order valence-corrected chi connectivity index (χ4v) is 1.50. The number of hydrogen-bond acceptors (Lipinski definition) is 5. The lowest BCUT2D eigenvalue weighted by atomic mass is 10.3. The van der Waals surface area contributed by atoms with Gasteiger partial charge in [0.25, 0.3) is 0 Å². The molecule has 0 radical (unpaired) electrons. The topological polar surface area (TPSA) is 75.1 Å². The molecule has 0 fully saturated rings. The van der Waals surface area contributed by atoms with Crippen LogP contribution in [0.25, 0.3) is 0 Å². The summed E-state index contributed by atoms with van der Waals surface area (Å²) in [5, 5.41) is 11.2. The number of carboxylic acid groups (broad SMARTS) is 1. The lowest BCUT2D eigenvalue weighted by molar-refractivity contribution is -0.192. The molecule has 1 aromatic rings. The molecular formula is C9H10F3N3O2S. The van der Waals surface area contributed by atoms with E-state index in [0.29, 0.717) is 0 Å². The zero-order valence-electron chi connectivity index (χ0n) is 9.28. The second-order valence-electron chi connectivity index (χ2n) is 3.24. The molecule has 0 saturated heterocycles. The molecule has 1 aromatic heterocycles. The molecule has 9 heteroatoms. The Labute approximate surface area is 105 Å². The summed E-state index contributed by atoms with van der Waals surface area (Å²) >= 11 is 1.58. The molecule has 5 nitrogen and oxygen atoms in total. The molecule has 0 atom stereocenters.